The lowest BCUT2D eigenvalue weighted by atomic mass is 9.96. The summed E-state index contributed by atoms with van der Waals surface area (Å²) in [6.07, 6.45) is 1.83. The molecule has 26 heavy (non-hydrogen) atoms. The molecule has 1 fully saturated rings. The lowest BCUT2D eigenvalue weighted by Crippen LogP contribution is -2.39. The number of amides is 2. The molecule has 4 nitrogen and oxygen atoms in total. The van der Waals surface area contributed by atoms with Crippen molar-refractivity contribution >= 4 is 17.5 Å². The van der Waals surface area contributed by atoms with Crippen LogP contribution in [0.5, 0.6) is 0 Å². The first-order chi connectivity index (χ1) is 12.4. The van der Waals surface area contributed by atoms with Gasteiger partial charge in [-0.2, -0.15) is 0 Å². The fraction of sp³-hybridized carbons (Fsp3) is 0.333. The minimum absolute atomic E-state index is 0.178. The van der Waals surface area contributed by atoms with Crippen molar-refractivity contribution in [2.75, 3.05) is 11.9 Å². The molecule has 0 radical (unpaired) electrons. The Morgan fingerprint density at radius 1 is 1.00 bits per heavy atom. The normalized spacial score (nSPS) is 14.8. The van der Waals surface area contributed by atoms with Crippen molar-refractivity contribution in [2.24, 2.45) is 0 Å². The average molecular weight is 354 g/mol. The van der Waals surface area contributed by atoms with Gasteiger partial charge in [0.25, 0.3) is 0 Å². The summed E-state index contributed by atoms with van der Waals surface area (Å²) in [6, 6.07) is 13.8. The summed E-state index contributed by atoms with van der Waals surface area (Å²) in [5.74, 6) is -1.22. The third kappa shape index (κ3) is 4.10. The van der Waals surface area contributed by atoms with Gasteiger partial charge in [-0.3, -0.25) is 9.59 Å². The van der Waals surface area contributed by atoms with Gasteiger partial charge in [0.1, 0.15) is 5.82 Å². The van der Waals surface area contributed by atoms with E-state index in [1.54, 1.807) is 24.3 Å². The summed E-state index contributed by atoms with van der Waals surface area (Å²) >= 11 is 0. The SMILES string of the molecule is CC(C)c1ccc(NC(=O)C(=O)NCC2(c3ccc(F)cc3)CC2)cc1. The van der Waals surface area contributed by atoms with Gasteiger partial charge in [-0.25, -0.2) is 4.39 Å². The Hall–Kier alpha value is -2.69. The zero-order valence-electron chi connectivity index (χ0n) is 15.0. The molecule has 1 aliphatic carbocycles. The van der Waals surface area contributed by atoms with Crippen LogP contribution in [0.15, 0.2) is 48.5 Å². The summed E-state index contributed by atoms with van der Waals surface area (Å²) < 4.78 is 13.1. The van der Waals surface area contributed by atoms with Crippen LogP contribution in [-0.2, 0) is 15.0 Å². The third-order valence-electron chi connectivity index (χ3n) is 4.94. The highest BCUT2D eigenvalue weighted by Crippen LogP contribution is 2.47. The van der Waals surface area contributed by atoms with Crippen molar-refractivity contribution in [3.8, 4) is 0 Å². The molecule has 0 aromatic heterocycles. The van der Waals surface area contributed by atoms with E-state index in [0.717, 1.165) is 18.4 Å². The maximum Gasteiger partial charge on any atom is 0.313 e. The topological polar surface area (TPSA) is 58.2 Å². The van der Waals surface area contributed by atoms with Crippen LogP contribution in [0, 0.1) is 5.82 Å². The van der Waals surface area contributed by atoms with Crippen LogP contribution in [-0.4, -0.2) is 18.4 Å². The molecule has 0 unspecified atom stereocenters. The van der Waals surface area contributed by atoms with Crippen molar-refractivity contribution in [2.45, 2.75) is 38.0 Å². The molecule has 0 atom stereocenters. The van der Waals surface area contributed by atoms with Crippen LogP contribution >= 0.6 is 0 Å². The van der Waals surface area contributed by atoms with Gasteiger partial charge in [0.2, 0.25) is 0 Å². The number of halogens is 1. The maximum absolute atomic E-state index is 13.1. The molecule has 2 amide bonds. The predicted molar refractivity (Wildman–Crippen MR) is 99.5 cm³/mol. The first-order valence-electron chi connectivity index (χ1n) is 8.85. The Kier molecular flexibility index (Phi) is 5.07. The van der Waals surface area contributed by atoms with E-state index >= 15 is 0 Å². The standard InChI is InChI=1S/C21H23FN2O2/c1-14(2)15-3-9-18(10-4-15)24-20(26)19(25)23-13-21(11-12-21)16-5-7-17(22)8-6-16/h3-10,14H,11-13H2,1-2H3,(H,23,25)(H,24,26). The molecule has 1 saturated carbocycles. The minimum Gasteiger partial charge on any atom is -0.347 e. The van der Waals surface area contributed by atoms with Gasteiger partial charge in [0.15, 0.2) is 0 Å². The first-order valence-corrected chi connectivity index (χ1v) is 8.85. The van der Waals surface area contributed by atoms with Crippen LogP contribution in [0.2, 0.25) is 0 Å². The highest BCUT2D eigenvalue weighted by atomic mass is 19.1. The zero-order chi connectivity index (χ0) is 18.7. The van der Waals surface area contributed by atoms with Crippen molar-refractivity contribution < 1.29 is 14.0 Å². The molecule has 3 rings (SSSR count). The van der Waals surface area contributed by atoms with Gasteiger partial charge in [-0.15, -0.1) is 0 Å². The molecule has 0 spiro atoms. The third-order valence-corrected chi connectivity index (χ3v) is 4.94. The summed E-state index contributed by atoms with van der Waals surface area (Å²) in [7, 11) is 0. The smallest absolute Gasteiger partial charge is 0.313 e. The molecular weight excluding hydrogens is 331 g/mol. The second kappa shape index (κ2) is 7.28. The number of benzene rings is 2. The van der Waals surface area contributed by atoms with Crippen molar-refractivity contribution in [3.63, 3.8) is 0 Å². The number of nitrogens with one attached hydrogen (secondary N) is 2. The highest BCUT2D eigenvalue weighted by Gasteiger charge is 2.44. The fourth-order valence-electron chi connectivity index (χ4n) is 2.99. The quantitative estimate of drug-likeness (QED) is 0.804. The molecule has 0 aliphatic heterocycles. The number of carbonyl (C=O) groups excluding carboxylic acids is 2. The molecule has 2 N–H and O–H groups in total. The van der Waals surface area contributed by atoms with E-state index in [1.807, 2.05) is 12.1 Å². The van der Waals surface area contributed by atoms with E-state index in [0.29, 0.717) is 18.2 Å². The first kappa shape index (κ1) is 18.1. The molecule has 5 heteroatoms. The summed E-state index contributed by atoms with van der Waals surface area (Å²) in [5, 5.41) is 5.31. The van der Waals surface area contributed by atoms with Crippen LogP contribution in [0.25, 0.3) is 0 Å². The number of anilines is 1. The monoisotopic (exact) mass is 354 g/mol. The van der Waals surface area contributed by atoms with Crippen molar-refractivity contribution in [1.29, 1.82) is 0 Å². The molecule has 0 saturated heterocycles. The Morgan fingerprint density at radius 2 is 1.62 bits per heavy atom. The van der Waals surface area contributed by atoms with Crippen LogP contribution in [0.4, 0.5) is 10.1 Å². The van der Waals surface area contributed by atoms with Gasteiger partial charge >= 0.3 is 11.8 Å². The largest absolute Gasteiger partial charge is 0.347 e. The molecule has 2 aromatic rings. The summed E-state index contributed by atoms with van der Waals surface area (Å²) in [4.78, 5) is 24.2. The molecule has 1 aliphatic rings. The molecular formula is C21H23FN2O2. The molecule has 2 aromatic carbocycles. The second-order valence-corrected chi connectivity index (χ2v) is 7.20. The molecule has 0 bridgehead atoms. The minimum atomic E-state index is -0.683. The second-order valence-electron chi connectivity index (χ2n) is 7.20. The average Bonchev–Trinajstić information content (AvgIpc) is 3.42. The van der Waals surface area contributed by atoms with Gasteiger partial charge in [-0.1, -0.05) is 38.1 Å². The lowest BCUT2D eigenvalue weighted by Gasteiger charge is -2.16. The molecule has 136 valence electrons. The number of hydrogen-bond donors (Lipinski definition) is 2. The van der Waals surface area contributed by atoms with E-state index < -0.39 is 11.8 Å². The van der Waals surface area contributed by atoms with E-state index in [4.69, 9.17) is 0 Å². The van der Waals surface area contributed by atoms with Crippen LogP contribution in [0.1, 0.15) is 43.7 Å². The van der Waals surface area contributed by atoms with Gasteiger partial charge in [0.05, 0.1) is 0 Å². The van der Waals surface area contributed by atoms with E-state index in [-0.39, 0.29) is 11.2 Å². The highest BCUT2D eigenvalue weighted by molar-refractivity contribution is 6.39. The number of rotatable bonds is 5. The van der Waals surface area contributed by atoms with E-state index in [9.17, 15) is 14.0 Å². The Bertz CT molecular complexity index is 794. The molecule has 0 heterocycles. The Balaban J connectivity index is 1.54. The Morgan fingerprint density at radius 3 is 2.15 bits per heavy atom. The van der Waals surface area contributed by atoms with E-state index in [1.165, 1.54) is 17.7 Å². The zero-order valence-corrected chi connectivity index (χ0v) is 15.0. The summed E-state index contributed by atoms with van der Waals surface area (Å²) in [5.41, 5.74) is 2.57. The van der Waals surface area contributed by atoms with Gasteiger partial charge < -0.3 is 10.6 Å². The van der Waals surface area contributed by atoms with Crippen LogP contribution in [0.3, 0.4) is 0 Å². The van der Waals surface area contributed by atoms with Crippen LogP contribution < -0.4 is 10.6 Å². The number of hydrogen-bond acceptors (Lipinski definition) is 2. The maximum atomic E-state index is 13.1. The lowest BCUT2D eigenvalue weighted by molar-refractivity contribution is -0.136. The van der Waals surface area contributed by atoms with Crippen molar-refractivity contribution in [1.82, 2.24) is 5.32 Å². The predicted octanol–water partition coefficient (Wildman–Crippen LogP) is 3.74. The van der Waals surface area contributed by atoms with Gasteiger partial charge in [-0.05, 0) is 54.2 Å². The van der Waals surface area contributed by atoms with E-state index in [2.05, 4.69) is 24.5 Å². The summed E-state index contributed by atoms with van der Waals surface area (Å²) in [6.45, 7) is 4.56. The van der Waals surface area contributed by atoms with Crippen molar-refractivity contribution in [3.05, 3.63) is 65.5 Å². The number of carbonyl (C=O) groups is 2. The fourth-order valence-corrected chi connectivity index (χ4v) is 2.99. The van der Waals surface area contributed by atoms with Gasteiger partial charge in [0, 0.05) is 17.6 Å². The Labute approximate surface area is 152 Å².